The van der Waals surface area contributed by atoms with Gasteiger partial charge in [0.05, 0.1) is 0 Å². The topological polar surface area (TPSA) is 78.9 Å². The van der Waals surface area contributed by atoms with Crippen molar-refractivity contribution in [1.29, 1.82) is 0 Å². The maximum Gasteiger partial charge on any atom is 0.306 e. The SMILES string of the molecule is CC/C=C\C/C=C\C/C=C\C/C=C\C/C=C\CCC(=O)OC(COC(=O)CCC/C=C\C/C=C\C/C=C\CC)COC(=O)CCC/C=C\C/C=C\C/C=C\C/C=C\CCCCC. The van der Waals surface area contributed by atoms with Crippen LogP contribution in [-0.2, 0) is 28.6 Å². The highest BCUT2D eigenvalue weighted by atomic mass is 16.6. The van der Waals surface area contributed by atoms with Crippen LogP contribution in [0, 0.1) is 0 Å². The van der Waals surface area contributed by atoms with Gasteiger partial charge in [0.15, 0.2) is 6.10 Å². The number of hydrogen-bond acceptors (Lipinski definition) is 6. The number of ether oxygens (including phenoxy) is 3. The molecule has 0 aliphatic carbocycles. The Morgan fingerprint density at radius 1 is 0.339 bits per heavy atom. The Morgan fingerprint density at radius 3 is 0.984 bits per heavy atom. The minimum atomic E-state index is -0.865. The maximum absolute atomic E-state index is 12.7. The van der Waals surface area contributed by atoms with Gasteiger partial charge in [0.1, 0.15) is 13.2 Å². The molecule has 0 aromatic heterocycles. The van der Waals surface area contributed by atoms with Crippen LogP contribution in [0.1, 0.15) is 168 Å². The Labute approximate surface area is 378 Å². The second kappa shape index (κ2) is 49.0. The maximum atomic E-state index is 12.7. The van der Waals surface area contributed by atoms with E-state index in [4.69, 9.17) is 14.2 Å². The number of carbonyl (C=O) groups excluding carboxylic acids is 3. The van der Waals surface area contributed by atoms with Crippen LogP contribution in [0.3, 0.4) is 0 Å². The van der Waals surface area contributed by atoms with E-state index in [0.29, 0.717) is 19.3 Å². The highest BCUT2D eigenvalue weighted by Gasteiger charge is 2.19. The predicted molar refractivity (Wildman–Crippen MR) is 265 cm³/mol. The Kier molecular flexibility index (Phi) is 45.2. The number of rotatable bonds is 40. The summed E-state index contributed by atoms with van der Waals surface area (Å²) in [5.41, 5.74) is 0. The Morgan fingerprint density at radius 2 is 0.645 bits per heavy atom. The lowest BCUT2D eigenvalue weighted by Gasteiger charge is -2.18. The molecule has 0 amide bonds. The van der Waals surface area contributed by atoms with Gasteiger partial charge in [-0.1, -0.05) is 179 Å². The average molecular weight is 853 g/mol. The molecule has 62 heavy (non-hydrogen) atoms. The van der Waals surface area contributed by atoms with Crippen LogP contribution in [0.2, 0.25) is 0 Å². The van der Waals surface area contributed by atoms with Gasteiger partial charge in [-0.2, -0.15) is 0 Å². The molecule has 6 heteroatoms. The molecular formula is C56H84O6. The van der Waals surface area contributed by atoms with Gasteiger partial charge >= 0.3 is 17.9 Å². The third-order valence-corrected chi connectivity index (χ3v) is 9.07. The Bertz CT molecular complexity index is 1440. The second-order valence-corrected chi connectivity index (χ2v) is 14.9. The fraction of sp³-hybridized carbons (Fsp3) is 0.518. The van der Waals surface area contributed by atoms with Gasteiger partial charge in [-0.25, -0.2) is 0 Å². The Balaban J connectivity index is 4.67. The molecule has 0 aromatic rings. The van der Waals surface area contributed by atoms with Crippen LogP contribution in [0.5, 0.6) is 0 Å². The molecule has 0 aromatic carbocycles. The molecule has 0 aliphatic heterocycles. The molecule has 1 unspecified atom stereocenters. The second-order valence-electron chi connectivity index (χ2n) is 14.9. The molecular weight excluding hydrogens is 769 g/mol. The lowest BCUT2D eigenvalue weighted by atomic mass is 10.2. The first kappa shape index (κ1) is 57.3. The summed E-state index contributed by atoms with van der Waals surface area (Å²) in [7, 11) is 0. The molecule has 0 heterocycles. The zero-order valence-electron chi connectivity index (χ0n) is 39.1. The van der Waals surface area contributed by atoms with E-state index in [9.17, 15) is 14.4 Å². The molecule has 6 nitrogen and oxygen atoms in total. The number of hydrogen-bond donors (Lipinski definition) is 0. The van der Waals surface area contributed by atoms with Gasteiger partial charge < -0.3 is 14.2 Å². The van der Waals surface area contributed by atoms with Crippen LogP contribution in [0.25, 0.3) is 0 Å². The van der Waals surface area contributed by atoms with E-state index in [1.54, 1.807) is 0 Å². The monoisotopic (exact) mass is 853 g/mol. The van der Waals surface area contributed by atoms with Gasteiger partial charge in [-0.3, -0.25) is 14.4 Å². The van der Waals surface area contributed by atoms with E-state index >= 15 is 0 Å². The number of allylic oxidation sites excluding steroid dienone is 24. The predicted octanol–water partition coefficient (Wildman–Crippen LogP) is 15.7. The van der Waals surface area contributed by atoms with E-state index in [0.717, 1.165) is 83.5 Å². The minimum Gasteiger partial charge on any atom is -0.462 e. The summed E-state index contributed by atoms with van der Waals surface area (Å²) in [6.45, 7) is 6.17. The average Bonchev–Trinajstić information content (AvgIpc) is 3.27. The third kappa shape index (κ3) is 46.4. The first-order chi connectivity index (χ1) is 30.5. The first-order valence-electron chi connectivity index (χ1n) is 23.8. The third-order valence-electron chi connectivity index (χ3n) is 9.07. The molecule has 344 valence electrons. The van der Waals surface area contributed by atoms with E-state index in [2.05, 4.69) is 154 Å². The number of carbonyl (C=O) groups is 3. The van der Waals surface area contributed by atoms with Crippen molar-refractivity contribution in [2.45, 2.75) is 175 Å². The van der Waals surface area contributed by atoms with E-state index in [1.807, 2.05) is 12.2 Å². The van der Waals surface area contributed by atoms with Gasteiger partial charge in [0.25, 0.3) is 0 Å². The normalized spacial score (nSPS) is 13.4. The lowest BCUT2D eigenvalue weighted by molar-refractivity contribution is -0.166. The zero-order chi connectivity index (χ0) is 45.1. The summed E-state index contributed by atoms with van der Waals surface area (Å²) in [4.78, 5) is 37.8. The molecule has 0 rings (SSSR count). The highest BCUT2D eigenvalue weighted by molar-refractivity contribution is 5.71. The minimum absolute atomic E-state index is 0.158. The van der Waals surface area contributed by atoms with Crippen LogP contribution in [0.15, 0.2) is 146 Å². The van der Waals surface area contributed by atoms with Gasteiger partial charge in [-0.15, -0.1) is 0 Å². The van der Waals surface area contributed by atoms with Crippen molar-refractivity contribution in [2.24, 2.45) is 0 Å². The Hall–Kier alpha value is -4.71. The summed E-state index contributed by atoms with van der Waals surface area (Å²) < 4.78 is 16.6. The molecule has 0 saturated carbocycles. The number of unbranched alkanes of at least 4 members (excludes halogenated alkanes) is 5. The quantitative estimate of drug-likeness (QED) is 0.0264. The molecule has 0 spiro atoms. The number of esters is 3. The van der Waals surface area contributed by atoms with Crippen LogP contribution < -0.4 is 0 Å². The van der Waals surface area contributed by atoms with Crippen molar-refractivity contribution in [2.75, 3.05) is 13.2 Å². The molecule has 0 radical (unpaired) electrons. The summed E-state index contributed by atoms with van der Waals surface area (Å²) in [6, 6.07) is 0. The van der Waals surface area contributed by atoms with Gasteiger partial charge in [-0.05, 0) is 116 Å². The van der Waals surface area contributed by atoms with Crippen molar-refractivity contribution < 1.29 is 28.6 Å². The van der Waals surface area contributed by atoms with E-state index < -0.39 is 12.1 Å². The van der Waals surface area contributed by atoms with Crippen molar-refractivity contribution in [3.8, 4) is 0 Å². The van der Waals surface area contributed by atoms with Gasteiger partial charge in [0, 0.05) is 19.3 Å². The molecule has 0 fully saturated rings. The highest BCUT2D eigenvalue weighted by Crippen LogP contribution is 2.08. The summed E-state index contributed by atoms with van der Waals surface area (Å²) in [6.07, 6.45) is 70.0. The summed E-state index contributed by atoms with van der Waals surface area (Å²) in [5, 5.41) is 0. The van der Waals surface area contributed by atoms with Crippen molar-refractivity contribution in [3.05, 3.63) is 146 Å². The fourth-order valence-corrected chi connectivity index (χ4v) is 5.56. The summed E-state index contributed by atoms with van der Waals surface area (Å²) in [5.74, 6) is -1.17. The molecule has 0 aliphatic rings. The lowest BCUT2D eigenvalue weighted by Crippen LogP contribution is -2.30. The van der Waals surface area contributed by atoms with Gasteiger partial charge in [0.2, 0.25) is 0 Å². The zero-order valence-corrected chi connectivity index (χ0v) is 39.1. The van der Waals surface area contributed by atoms with E-state index in [1.165, 1.54) is 25.7 Å². The molecule has 0 bridgehead atoms. The fourth-order valence-electron chi connectivity index (χ4n) is 5.56. The summed E-state index contributed by atoms with van der Waals surface area (Å²) >= 11 is 0. The van der Waals surface area contributed by atoms with Crippen molar-refractivity contribution in [3.63, 3.8) is 0 Å². The van der Waals surface area contributed by atoms with Crippen LogP contribution >= 0.6 is 0 Å². The van der Waals surface area contributed by atoms with E-state index in [-0.39, 0.29) is 44.4 Å². The largest absolute Gasteiger partial charge is 0.462 e. The van der Waals surface area contributed by atoms with Crippen LogP contribution in [-0.4, -0.2) is 37.2 Å². The van der Waals surface area contributed by atoms with Crippen molar-refractivity contribution >= 4 is 17.9 Å². The first-order valence-corrected chi connectivity index (χ1v) is 23.8. The van der Waals surface area contributed by atoms with Crippen LogP contribution in [0.4, 0.5) is 0 Å². The smallest absolute Gasteiger partial charge is 0.306 e. The standard InChI is InChI=1S/C56H84O6/c1-4-7-10-13-16-19-22-24-26-28-30-31-34-37-40-43-46-49-55(58)61-52-53(51-60-54(57)48-45-42-39-36-33-21-18-15-12-9-6-3)62-56(59)50-47-44-41-38-35-32-29-27-25-23-20-17-14-11-8-5-2/h8-9,11-12,16-21,24-27,30-32,35-37,39-41,44,53H,4-7,10,13-15,22-23,28-29,33-34,38,42-43,45-52H2,1-3H3/b11-8-,12-9-,19-16-,20-17-,21-18-,26-24-,27-25-,31-30-,35-32-,39-36-,40-37-,44-41-. The molecule has 1 atom stereocenters. The van der Waals surface area contributed by atoms with Crippen molar-refractivity contribution in [1.82, 2.24) is 0 Å². The molecule has 0 N–H and O–H groups in total. The molecule has 0 saturated heterocycles.